The SMILES string of the molecule is CC1(C)C(=O)NCCN1S(=O)(=O)c1ccc(Br)s1. The highest BCUT2D eigenvalue weighted by Gasteiger charge is 2.45. The number of sulfonamides is 1. The molecule has 8 heteroatoms. The summed E-state index contributed by atoms with van der Waals surface area (Å²) < 4.78 is 27.3. The van der Waals surface area contributed by atoms with E-state index in [9.17, 15) is 13.2 Å². The van der Waals surface area contributed by atoms with E-state index in [1.807, 2.05) is 0 Å². The van der Waals surface area contributed by atoms with Gasteiger partial charge in [-0.15, -0.1) is 11.3 Å². The number of rotatable bonds is 2. The van der Waals surface area contributed by atoms with Crippen LogP contribution in [0.4, 0.5) is 0 Å². The van der Waals surface area contributed by atoms with E-state index in [1.54, 1.807) is 26.0 Å². The van der Waals surface area contributed by atoms with Crippen LogP contribution in [0, 0.1) is 0 Å². The Labute approximate surface area is 118 Å². The Morgan fingerprint density at radius 2 is 2.11 bits per heavy atom. The molecule has 1 saturated heterocycles. The van der Waals surface area contributed by atoms with E-state index in [1.165, 1.54) is 4.31 Å². The summed E-state index contributed by atoms with van der Waals surface area (Å²) in [7, 11) is -3.62. The first kappa shape index (κ1) is 14.0. The summed E-state index contributed by atoms with van der Waals surface area (Å²) in [5.41, 5.74) is -1.06. The van der Waals surface area contributed by atoms with Gasteiger partial charge in [0.15, 0.2) is 0 Å². The zero-order chi connectivity index (χ0) is 13.6. The van der Waals surface area contributed by atoms with Gasteiger partial charge < -0.3 is 5.32 Å². The molecule has 1 amide bonds. The molecule has 5 nitrogen and oxygen atoms in total. The summed E-state index contributed by atoms with van der Waals surface area (Å²) in [4.78, 5) is 11.8. The first-order valence-corrected chi connectivity index (χ1v) is 8.38. The summed E-state index contributed by atoms with van der Waals surface area (Å²) in [6.45, 7) is 3.86. The minimum atomic E-state index is -3.62. The Balaban J connectivity index is 2.44. The van der Waals surface area contributed by atoms with Crippen molar-refractivity contribution in [3.8, 4) is 0 Å². The van der Waals surface area contributed by atoms with Gasteiger partial charge in [-0.1, -0.05) is 0 Å². The van der Waals surface area contributed by atoms with Crippen LogP contribution in [0.2, 0.25) is 0 Å². The van der Waals surface area contributed by atoms with Crippen LogP contribution >= 0.6 is 27.3 Å². The van der Waals surface area contributed by atoms with Crippen molar-refractivity contribution in [1.82, 2.24) is 9.62 Å². The Hall–Kier alpha value is -0.440. The molecule has 1 N–H and O–H groups in total. The Morgan fingerprint density at radius 3 is 2.67 bits per heavy atom. The average Bonchev–Trinajstić information content (AvgIpc) is 2.69. The van der Waals surface area contributed by atoms with Crippen LogP contribution in [0.5, 0.6) is 0 Å². The van der Waals surface area contributed by atoms with E-state index in [0.717, 1.165) is 15.1 Å². The lowest BCUT2D eigenvalue weighted by molar-refractivity contribution is -0.131. The highest BCUT2D eigenvalue weighted by atomic mass is 79.9. The van der Waals surface area contributed by atoms with Crippen molar-refractivity contribution in [2.75, 3.05) is 13.1 Å². The highest BCUT2D eigenvalue weighted by molar-refractivity contribution is 9.11. The van der Waals surface area contributed by atoms with Crippen LogP contribution in [-0.2, 0) is 14.8 Å². The van der Waals surface area contributed by atoms with Crippen molar-refractivity contribution in [3.63, 3.8) is 0 Å². The summed E-state index contributed by atoms with van der Waals surface area (Å²) in [5, 5.41) is 2.68. The minimum absolute atomic E-state index is 0.247. The molecule has 2 rings (SSSR count). The van der Waals surface area contributed by atoms with E-state index in [4.69, 9.17) is 0 Å². The topological polar surface area (TPSA) is 66.5 Å². The summed E-state index contributed by atoms with van der Waals surface area (Å²) in [6.07, 6.45) is 0. The molecule has 0 atom stereocenters. The van der Waals surface area contributed by atoms with E-state index in [-0.39, 0.29) is 16.7 Å². The van der Waals surface area contributed by atoms with Crippen molar-refractivity contribution in [2.24, 2.45) is 0 Å². The van der Waals surface area contributed by atoms with E-state index < -0.39 is 15.6 Å². The second kappa shape index (κ2) is 4.59. The molecule has 1 fully saturated rings. The lowest BCUT2D eigenvalue weighted by Crippen LogP contribution is -2.63. The van der Waals surface area contributed by atoms with Crippen LogP contribution < -0.4 is 5.32 Å². The van der Waals surface area contributed by atoms with Crippen molar-refractivity contribution in [1.29, 1.82) is 0 Å². The average molecular weight is 353 g/mol. The maximum Gasteiger partial charge on any atom is 0.253 e. The van der Waals surface area contributed by atoms with Gasteiger partial charge in [-0.3, -0.25) is 4.79 Å². The van der Waals surface area contributed by atoms with Crippen molar-refractivity contribution in [3.05, 3.63) is 15.9 Å². The predicted octanol–water partition coefficient (Wildman–Crippen LogP) is 1.41. The number of hydrogen-bond donors (Lipinski definition) is 1. The normalized spacial score (nSPS) is 20.7. The van der Waals surface area contributed by atoms with Gasteiger partial charge in [-0.05, 0) is 41.9 Å². The molecular weight excluding hydrogens is 340 g/mol. The van der Waals surface area contributed by atoms with Crippen molar-refractivity contribution >= 4 is 43.2 Å². The molecule has 0 radical (unpaired) electrons. The molecule has 1 aromatic heterocycles. The van der Waals surface area contributed by atoms with Gasteiger partial charge in [0.05, 0.1) is 3.79 Å². The van der Waals surface area contributed by atoms with Gasteiger partial charge in [-0.2, -0.15) is 4.31 Å². The molecule has 1 aromatic rings. The lowest BCUT2D eigenvalue weighted by atomic mass is 10.0. The quantitative estimate of drug-likeness (QED) is 0.874. The fourth-order valence-corrected chi connectivity index (χ4v) is 5.72. The number of thiophene rings is 1. The van der Waals surface area contributed by atoms with Gasteiger partial charge in [0.1, 0.15) is 9.75 Å². The third kappa shape index (κ3) is 2.22. The monoisotopic (exact) mass is 352 g/mol. The van der Waals surface area contributed by atoms with Crippen LogP contribution in [0.25, 0.3) is 0 Å². The molecule has 0 saturated carbocycles. The highest BCUT2D eigenvalue weighted by Crippen LogP contribution is 2.32. The van der Waals surface area contributed by atoms with Crippen molar-refractivity contribution in [2.45, 2.75) is 23.6 Å². The first-order valence-electron chi connectivity index (χ1n) is 5.33. The van der Waals surface area contributed by atoms with E-state index in [2.05, 4.69) is 21.2 Å². The van der Waals surface area contributed by atoms with Crippen LogP contribution in [0.3, 0.4) is 0 Å². The van der Waals surface area contributed by atoms with E-state index in [0.29, 0.717) is 6.54 Å². The third-order valence-corrected chi connectivity index (χ3v) is 7.04. The number of nitrogens with one attached hydrogen (secondary N) is 1. The fraction of sp³-hybridized carbons (Fsp3) is 0.500. The molecular formula is C10H13BrN2O3S2. The number of hydrogen-bond acceptors (Lipinski definition) is 4. The zero-order valence-electron chi connectivity index (χ0n) is 9.94. The van der Waals surface area contributed by atoms with Gasteiger partial charge in [0.2, 0.25) is 5.91 Å². The Kier molecular flexibility index (Phi) is 3.56. The smallest absolute Gasteiger partial charge is 0.253 e. The Morgan fingerprint density at radius 1 is 1.44 bits per heavy atom. The molecule has 0 unspecified atom stereocenters. The first-order chi connectivity index (χ1) is 8.26. The standard InChI is InChI=1S/C10H13BrN2O3S2/c1-10(2)9(14)12-5-6-13(10)18(15,16)8-4-3-7(11)17-8/h3-4H,5-6H2,1-2H3,(H,12,14). The Bertz CT molecular complexity index is 580. The number of carbonyl (C=O) groups excluding carboxylic acids is 1. The van der Waals surface area contributed by atoms with Crippen molar-refractivity contribution < 1.29 is 13.2 Å². The summed E-state index contributed by atoms with van der Waals surface area (Å²) in [6, 6.07) is 3.24. The summed E-state index contributed by atoms with van der Waals surface area (Å²) in [5.74, 6) is -0.270. The van der Waals surface area contributed by atoms with Crippen LogP contribution in [0.15, 0.2) is 20.1 Å². The van der Waals surface area contributed by atoms with Crippen LogP contribution in [-0.4, -0.2) is 37.3 Å². The molecule has 0 aliphatic carbocycles. The summed E-state index contributed by atoms with van der Waals surface area (Å²) >= 11 is 4.39. The third-order valence-electron chi connectivity index (χ3n) is 2.87. The number of nitrogens with zero attached hydrogens (tertiary/aromatic N) is 1. The van der Waals surface area contributed by atoms with E-state index >= 15 is 0 Å². The van der Waals surface area contributed by atoms with Crippen LogP contribution in [0.1, 0.15) is 13.8 Å². The molecule has 1 aliphatic rings. The van der Waals surface area contributed by atoms with Gasteiger partial charge >= 0.3 is 0 Å². The maximum absolute atomic E-state index is 12.5. The molecule has 1 aliphatic heterocycles. The largest absolute Gasteiger partial charge is 0.353 e. The number of carbonyl (C=O) groups is 1. The molecule has 0 bridgehead atoms. The second-order valence-corrected chi connectivity index (χ2v) is 9.00. The minimum Gasteiger partial charge on any atom is -0.353 e. The molecule has 2 heterocycles. The van der Waals surface area contributed by atoms with Gasteiger partial charge in [0.25, 0.3) is 10.0 Å². The maximum atomic E-state index is 12.5. The molecule has 100 valence electrons. The number of amides is 1. The zero-order valence-corrected chi connectivity index (χ0v) is 13.2. The molecule has 0 spiro atoms. The number of halogens is 1. The van der Waals surface area contributed by atoms with Gasteiger partial charge in [-0.25, -0.2) is 8.42 Å². The predicted molar refractivity (Wildman–Crippen MR) is 73.0 cm³/mol. The second-order valence-electron chi connectivity index (χ2n) is 4.45. The fourth-order valence-electron chi connectivity index (χ4n) is 1.85. The molecule has 18 heavy (non-hydrogen) atoms. The molecule has 0 aromatic carbocycles. The van der Waals surface area contributed by atoms with Gasteiger partial charge in [0, 0.05) is 13.1 Å². The lowest BCUT2D eigenvalue weighted by Gasteiger charge is -2.39. The number of piperazine rings is 1.